The van der Waals surface area contributed by atoms with Gasteiger partial charge in [-0.1, -0.05) is 6.07 Å². The third kappa shape index (κ3) is 3.80. The monoisotopic (exact) mass is 288 g/mol. The second kappa shape index (κ2) is 7.64. The van der Waals surface area contributed by atoms with Gasteiger partial charge < -0.3 is 20.1 Å². The predicted molar refractivity (Wildman–Crippen MR) is 70.5 cm³/mol. The molecular weight excluding hydrogens is 270 g/mol. The summed E-state index contributed by atoms with van der Waals surface area (Å²) in [4.78, 5) is 13.4. The van der Waals surface area contributed by atoms with E-state index in [9.17, 15) is 13.6 Å². The third-order valence-corrected chi connectivity index (χ3v) is 2.69. The fourth-order valence-electron chi connectivity index (χ4n) is 1.82. The van der Waals surface area contributed by atoms with Gasteiger partial charge in [0.05, 0.1) is 20.8 Å². The highest BCUT2D eigenvalue weighted by atomic mass is 19.3. The molecule has 0 aliphatic carbocycles. The minimum atomic E-state index is -2.63. The van der Waals surface area contributed by atoms with Gasteiger partial charge in [0.25, 0.3) is 12.3 Å². The molecule has 0 aliphatic rings. The molecule has 5 nitrogen and oxygen atoms in total. The molecule has 0 atom stereocenters. The number of methoxy groups -OCH3 is 2. The van der Waals surface area contributed by atoms with Crippen LogP contribution in [0.25, 0.3) is 0 Å². The summed E-state index contributed by atoms with van der Waals surface area (Å²) >= 11 is 0. The molecule has 0 fully saturated rings. The molecule has 0 radical (unpaired) electrons. The van der Waals surface area contributed by atoms with E-state index in [1.54, 1.807) is 18.2 Å². The Morgan fingerprint density at radius 2 is 1.85 bits per heavy atom. The summed E-state index contributed by atoms with van der Waals surface area (Å²) in [5.74, 6) is -0.0543. The Morgan fingerprint density at radius 3 is 2.25 bits per heavy atom. The Bertz CT molecular complexity index is 433. The lowest BCUT2D eigenvalue weighted by atomic mass is 10.1. The molecule has 0 saturated heterocycles. The number of hydrogen-bond acceptors (Lipinski definition) is 4. The van der Waals surface area contributed by atoms with E-state index in [4.69, 9.17) is 15.2 Å². The molecule has 0 aliphatic heterocycles. The van der Waals surface area contributed by atoms with Gasteiger partial charge in [-0.2, -0.15) is 0 Å². The number of alkyl halides is 2. The van der Waals surface area contributed by atoms with Gasteiger partial charge in [-0.25, -0.2) is 8.78 Å². The summed E-state index contributed by atoms with van der Waals surface area (Å²) in [7, 11) is 2.79. The van der Waals surface area contributed by atoms with Crippen LogP contribution in [0.15, 0.2) is 18.2 Å². The van der Waals surface area contributed by atoms with Gasteiger partial charge in [0, 0.05) is 13.1 Å². The number of nitrogens with zero attached hydrogens (tertiary/aromatic N) is 1. The number of amides is 1. The molecule has 112 valence electrons. The van der Waals surface area contributed by atoms with Gasteiger partial charge >= 0.3 is 0 Å². The summed E-state index contributed by atoms with van der Waals surface area (Å²) in [5, 5.41) is 0. The van der Waals surface area contributed by atoms with Gasteiger partial charge in [-0.3, -0.25) is 4.79 Å². The predicted octanol–water partition coefficient (Wildman–Crippen LogP) is 1.37. The number of carbonyl (C=O) groups excluding carboxylic acids is 1. The van der Waals surface area contributed by atoms with E-state index in [-0.39, 0.29) is 30.2 Å². The zero-order chi connectivity index (χ0) is 15.1. The molecule has 1 amide bonds. The van der Waals surface area contributed by atoms with E-state index in [1.165, 1.54) is 14.2 Å². The minimum absolute atomic E-state index is 0.0321. The lowest BCUT2D eigenvalue weighted by molar-refractivity contribution is 0.0557. The molecular formula is C13H18F2N2O3. The highest BCUT2D eigenvalue weighted by Gasteiger charge is 2.25. The van der Waals surface area contributed by atoms with Gasteiger partial charge in [0.15, 0.2) is 0 Å². The van der Waals surface area contributed by atoms with Crippen molar-refractivity contribution in [1.29, 1.82) is 0 Å². The fraction of sp³-hybridized carbons (Fsp3) is 0.462. The van der Waals surface area contributed by atoms with Crippen LogP contribution in [-0.4, -0.2) is 51.1 Å². The van der Waals surface area contributed by atoms with Crippen LogP contribution in [0.1, 0.15) is 10.4 Å². The molecule has 0 saturated carbocycles. The van der Waals surface area contributed by atoms with E-state index in [0.29, 0.717) is 0 Å². The minimum Gasteiger partial charge on any atom is -0.496 e. The van der Waals surface area contributed by atoms with E-state index in [1.807, 2.05) is 0 Å². The topological polar surface area (TPSA) is 64.8 Å². The van der Waals surface area contributed by atoms with Crippen molar-refractivity contribution in [1.82, 2.24) is 4.90 Å². The third-order valence-electron chi connectivity index (χ3n) is 2.69. The summed E-state index contributed by atoms with van der Waals surface area (Å²) in [6, 6.07) is 4.78. The normalized spacial score (nSPS) is 10.5. The maximum absolute atomic E-state index is 12.6. The zero-order valence-corrected chi connectivity index (χ0v) is 11.4. The highest BCUT2D eigenvalue weighted by Crippen LogP contribution is 2.29. The number of carbonyl (C=O) groups is 1. The Labute approximate surface area is 116 Å². The smallest absolute Gasteiger partial charge is 0.261 e. The van der Waals surface area contributed by atoms with Gasteiger partial charge in [-0.05, 0) is 12.1 Å². The summed E-state index contributed by atoms with van der Waals surface area (Å²) in [6.07, 6.45) is -2.63. The molecule has 20 heavy (non-hydrogen) atoms. The molecule has 2 N–H and O–H groups in total. The molecule has 0 unspecified atom stereocenters. The Hall–Kier alpha value is -1.89. The Kier molecular flexibility index (Phi) is 6.17. The quantitative estimate of drug-likeness (QED) is 0.823. The average molecular weight is 288 g/mol. The summed E-state index contributed by atoms with van der Waals surface area (Å²) < 4.78 is 35.3. The molecule has 0 aromatic heterocycles. The largest absolute Gasteiger partial charge is 0.496 e. The van der Waals surface area contributed by atoms with Crippen LogP contribution in [0.5, 0.6) is 11.5 Å². The Morgan fingerprint density at radius 1 is 1.30 bits per heavy atom. The van der Waals surface area contributed by atoms with Crippen molar-refractivity contribution in [2.75, 3.05) is 33.9 Å². The van der Waals surface area contributed by atoms with Crippen molar-refractivity contribution in [2.45, 2.75) is 6.43 Å². The van der Waals surface area contributed by atoms with Crippen LogP contribution in [0.3, 0.4) is 0 Å². The van der Waals surface area contributed by atoms with Crippen molar-refractivity contribution in [3.8, 4) is 11.5 Å². The number of rotatable bonds is 7. The first kappa shape index (κ1) is 16.2. The number of nitrogens with two attached hydrogens (primary N) is 1. The van der Waals surface area contributed by atoms with E-state index in [0.717, 1.165) is 4.90 Å². The zero-order valence-electron chi connectivity index (χ0n) is 11.4. The fourth-order valence-corrected chi connectivity index (χ4v) is 1.82. The van der Waals surface area contributed by atoms with Crippen LogP contribution >= 0.6 is 0 Å². The van der Waals surface area contributed by atoms with E-state index < -0.39 is 18.9 Å². The summed E-state index contributed by atoms with van der Waals surface area (Å²) in [5.41, 5.74) is 5.48. The van der Waals surface area contributed by atoms with Crippen LogP contribution < -0.4 is 15.2 Å². The maximum Gasteiger partial charge on any atom is 0.261 e. The molecule has 1 aromatic rings. The maximum atomic E-state index is 12.6. The van der Waals surface area contributed by atoms with Crippen molar-refractivity contribution in [3.63, 3.8) is 0 Å². The van der Waals surface area contributed by atoms with E-state index >= 15 is 0 Å². The molecule has 0 spiro atoms. The summed E-state index contributed by atoms with van der Waals surface area (Å²) in [6.45, 7) is -0.558. The molecule has 1 rings (SSSR count). The lowest BCUT2D eigenvalue weighted by Crippen LogP contribution is -2.39. The first-order valence-electron chi connectivity index (χ1n) is 6.03. The van der Waals surface area contributed by atoms with Crippen LogP contribution in [-0.2, 0) is 0 Å². The number of benzene rings is 1. The lowest BCUT2D eigenvalue weighted by Gasteiger charge is -2.23. The average Bonchev–Trinajstić information content (AvgIpc) is 2.44. The molecule has 0 heterocycles. The molecule has 7 heteroatoms. The second-order valence-corrected chi connectivity index (χ2v) is 3.97. The highest BCUT2D eigenvalue weighted by molar-refractivity contribution is 5.99. The van der Waals surface area contributed by atoms with E-state index in [2.05, 4.69) is 0 Å². The second-order valence-electron chi connectivity index (χ2n) is 3.97. The van der Waals surface area contributed by atoms with Crippen molar-refractivity contribution in [2.24, 2.45) is 5.73 Å². The van der Waals surface area contributed by atoms with Crippen LogP contribution in [0, 0.1) is 0 Å². The van der Waals surface area contributed by atoms with Gasteiger partial charge in [0.2, 0.25) is 0 Å². The van der Waals surface area contributed by atoms with Crippen LogP contribution in [0.4, 0.5) is 8.78 Å². The SMILES string of the molecule is COc1cccc(OC)c1C(=O)N(CCN)CC(F)F. The number of halogens is 2. The Balaban J connectivity index is 3.15. The van der Waals surface area contributed by atoms with Gasteiger partial charge in [0.1, 0.15) is 17.1 Å². The number of ether oxygens (including phenoxy) is 2. The van der Waals surface area contributed by atoms with Crippen molar-refractivity contribution in [3.05, 3.63) is 23.8 Å². The molecule has 1 aromatic carbocycles. The van der Waals surface area contributed by atoms with Crippen molar-refractivity contribution < 1.29 is 23.0 Å². The van der Waals surface area contributed by atoms with Gasteiger partial charge in [-0.15, -0.1) is 0 Å². The number of hydrogen-bond donors (Lipinski definition) is 1. The first-order chi connectivity index (χ1) is 9.54. The standard InChI is InChI=1S/C13H18F2N2O3/c1-19-9-4-3-5-10(20-2)12(9)13(18)17(7-6-16)8-11(14)15/h3-5,11H,6-8,16H2,1-2H3. The first-order valence-corrected chi connectivity index (χ1v) is 6.03. The molecule has 0 bridgehead atoms. The van der Waals surface area contributed by atoms with Crippen molar-refractivity contribution >= 4 is 5.91 Å². The van der Waals surface area contributed by atoms with Crippen LogP contribution in [0.2, 0.25) is 0 Å².